The molecule has 8 nitrogen and oxygen atoms in total. The lowest BCUT2D eigenvalue weighted by Crippen LogP contribution is -2.63. The highest BCUT2D eigenvalue weighted by atomic mass is 16.7. The number of allylic oxidation sites excluding steroid dienone is 4. The van der Waals surface area contributed by atoms with Gasteiger partial charge in [0.15, 0.2) is 29.7 Å². The summed E-state index contributed by atoms with van der Waals surface area (Å²) < 4.78 is 25.0. The third-order valence-electron chi connectivity index (χ3n) is 11.1. The molecule has 0 spiro atoms. The predicted molar refractivity (Wildman–Crippen MR) is 141 cm³/mol. The minimum Gasteiger partial charge on any atom is -0.394 e. The summed E-state index contributed by atoms with van der Waals surface area (Å²) in [6.45, 7) is 6.15. The molecular formula is C31H44O8. The molecule has 0 amide bonds. The van der Waals surface area contributed by atoms with Crippen LogP contribution in [0, 0.1) is 28.6 Å². The van der Waals surface area contributed by atoms with Crippen molar-refractivity contribution in [1.82, 2.24) is 0 Å². The number of hydrogen-bond acceptors (Lipinski definition) is 8. The van der Waals surface area contributed by atoms with Gasteiger partial charge in [-0.25, -0.2) is 0 Å². The molecular weight excluding hydrogens is 500 g/mol. The third kappa shape index (κ3) is 4.16. The van der Waals surface area contributed by atoms with E-state index < -0.39 is 35.8 Å². The Labute approximate surface area is 231 Å². The molecule has 4 aliphatic carbocycles. The van der Waals surface area contributed by atoms with E-state index in [0.717, 1.165) is 37.7 Å². The first kappa shape index (κ1) is 27.7. The van der Waals surface area contributed by atoms with E-state index in [1.807, 2.05) is 6.08 Å². The third-order valence-corrected chi connectivity index (χ3v) is 11.1. The van der Waals surface area contributed by atoms with Gasteiger partial charge in [0, 0.05) is 16.7 Å². The molecule has 2 saturated heterocycles. The molecule has 5 fully saturated rings. The van der Waals surface area contributed by atoms with Crippen LogP contribution >= 0.6 is 0 Å². The Hall–Kier alpha value is -1.42. The van der Waals surface area contributed by atoms with E-state index in [1.54, 1.807) is 12.2 Å². The summed E-state index contributed by atoms with van der Waals surface area (Å²) in [5.41, 5.74) is -1.07. The van der Waals surface area contributed by atoms with Gasteiger partial charge >= 0.3 is 0 Å². The summed E-state index contributed by atoms with van der Waals surface area (Å²) in [6, 6.07) is 0. The van der Waals surface area contributed by atoms with Gasteiger partial charge in [0.25, 0.3) is 0 Å². The zero-order chi connectivity index (χ0) is 27.6. The Morgan fingerprint density at radius 3 is 2.79 bits per heavy atom. The first-order valence-electron chi connectivity index (χ1n) is 15.0. The Bertz CT molecular complexity index is 1050. The quantitative estimate of drug-likeness (QED) is 0.500. The zero-order valence-electron chi connectivity index (χ0n) is 23.5. The van der Waals surface area contributed by atoms with E-state index in [9.17, 15) is 19.8 Å². The van der Waals surface area contributed by atoms with E-state index in [2.05, 4.69) is 20.8 Å². The van der Waals surface area contributed by atoms with Crippen molar-refractivity contribution in [3.8, 4) is 0 Å². The molecule has 11 atom stereocenters. The van der Waals surface area contributed by atoms with Gasteiger partial charge in [-0.1, -0.05) is 38.8 Å². The molecule has 0 bridgehead atoms. The first-order valence-corrected chi connectivity index (χ1v) is 15.0. The Kier molecular flexibility index (Phi) is 7.21. The van der Waals surface area contributed by atoms with Crippen LogP contribution in [0.25, 0.3) is 0 Å². The number of aliphatic hydroxyl groups is 2. The van der Waals surface area contributed by atoms with Gasteiger partial charge in [-0.15, -0.1) is 0 Å². The molecule has 2 heterocycles. The second kappa shape index (κ2) is 10.1. The summed E-state index contributed by atoms with van der Waals surface area (Å²) >= 11 is 0. The second-order valence-electron chi connectivity index (χ2n) is 13.2. The van der Waals surface area contributed by atoms with Crippen LogP contribution in [-0.2, 0) is 28.5 Å². The molecule has 2 aliphatic heterocycles. The number of fused-ring (bicyclic) bond motifs is 7. The molecule has 5 unspecified atom stereocenters. The van der Waals surface area contributed by atoms with Gasteiger partial charge in [-0.3, -0.25) is 9.59 Å². The molecule has 0 aromatic heterocycles. The van der Waals surface area contributed by atoms with Gasteiger partial charge in [0.2, 0.25) is 0 Å². The normalized spacial score (nSPS) is 48.6. The van der Waals surface area contributed by atoms with E-state index in [1.165, 1.54) is 0 Å². The molecule has 0 radical (unpaired) electrons. The van der Waals surface area contributed by atoms with Crippen molar-refractivity contribution in [2.24, 2.45) is 28.6 Å². The van der Waals surface area contributed by atoms with Crippen LogP contribution in [0.5, 0.6) is 0 Å². The average Bonchev–Trinajstić information content (AvgIpc) is 3.39. The highest BCUT2D eigenvalue weighted by Gasteiger charge is 2.75. The molecule has 216 valence electrons. The van der Waals surface area contributed by atoms with Gasteiger partial charge in [0.05, 0.1) is 24.9 Å². The van der Waals surface area contributed by atoms with Crippen LogP contribution in [0.4, 0.5) is 0 Å². The monoisotopic (exact) mass is 544 g/mol. The van der Waals surface area contributed by atoms with Crippen molar-refractivity contribution < 1.29 is 38.7 Å². The summed E-state index contributed by atoms with van der Waals surface area (Å²) in [4.78, 5) is 26.4. The maximum Gasteiger partial charge on any atom is 0.193 e. The smallest absolute Gasteiger partial charge is 0.193 e. The van der Waals surface area contributed by atoms with Crippen LogP contribution in [0.2, 0.25) is 0 Å². The molecule has 39 heavy (non-hydrogen) atoms. The number of aliphatic hydroxyl groups excluding tert-OH is 2. The number of ether oxygens (including phenoxy) is 4. The van der Waals surface area contributed by atoms with E-state index in [-0.39, 0.29) is 54.1 Å². The highest BCUT2D eigenvalue weighted by molar-refractivity contribution is 6.01. The number of hydrogen-bond donors (Lipinski definition) is 2. The van der Waals surface area contributed by atoms with Crippen LogP contribution in [-0.4, -0.2) is 71.5 Å². The van der Waals surface area contributed by atoms with E-state index >= 15 is 0 Å². The average molecular weight is 545 g/mol. The maximum absolute atomic E-state index is 14.3. The first-order chi connectivity index (χ1) is 18.7. The van der Waals surface area contributed by atoms with Crippen LogP contribution in [0.15, 0.2) is 23.8 Å². The van der Waals surface area contributed by atoms with Crippen molar-refractivity contribution in [3.63, 3.8) is 0 Å². The lowest BCUT2D eigenvalue weighted by Gasteiger charge is -2.59. The fourth-order valence-electron chi connectivity index (χ4n) is 9.40. The van der Waals surface area contributed by atoms with Gasteiger partial charge in [-0.05, 0) is 75.4 Å². The largest absolute Gasteiger partial charge is 0.394 e. The molecule has 6 rings (SSSR count). The second-order valence-corrected chi connectivity index (χ2v) is 13.2. The predicted octanol–water partition coefficient (Wildman–Crippen LogP) is 3.63. The summed E-state index contributed by atoms with van der Waals surface area (Å²) in [7, 11) is 0. The Morgan fingerprint density at radius 1 is 1.21 bits per heavy atom. The van der Waals surface area contributed by atoms with E-state index in [0.29, 0.717) is 25.7 Å². The minimum atomic E-state index is -1.19. The van der Waals surface area contributed by atoms with Gasteiger partial charge in [-0.2, -0.15) is 0 Å². The lowest BCUT2D eigenvalue weighted by atomic mass is 9.46. The van der Waals surface area contributed by atoms with Crippen LogP contribution < -0.4 is 0 Å². The maximum atomic E-state index is 14.3. The van der Waals surface area contributed by atoms with Crippen molar-refractivity contribution in [1.29, 1.82) is 0 Å². The molecule has 2 N–H and O–H groups in total. The number of carbonyl (C=O) groups is 2. The van der Waals surface area contributed by atoms with Crippen molar-refractivity contribution in [3.05, 3.63) is 23.8 Å². The van der Waals surface area contributed by atoms with Crippen molar-refractivity contribution >= 4 is 11.6 Å². The number of Topliss-reactive ketones (excluding diaryl/α,β-unsaturated/α-hetero) is 1. The van der Waals surface area contributed by atoms with Crippen LogP contribution in [0.3, 0.4) is 0 Å². The zero-order valence-corrected chi connectivity index (χ0v) is 23.5. The molecule has 3 saturated carbocycles. The fourth-order valence-corrected chi connectivity index (χ4v) is 9.40. The lowest BCUT2D eigenvalue weighted by molar-refractivity contribution is -0.218. The summed E-state index contributed by atoms with van der Waals surface area (Å²) in [5, 5.41) is 21.3. The standard InChI is InChI=1S/C31H44O8/c1-4-6-27-38-25-14-22-21-10-9-18-13-19(33)11-12-29(18,2)28(21)23(34)15-30(22,3)31(25,39-27)24(35)17-36-26-8-5-7-20(16-32)37-26/h11-13,20-23,25-28,32,34H,4-10,14-17H2,1-3H3/t20?,21?,22-,23-,25?,26?,27?,28+,29-,30-,31+/m0/s1. The summed E-state index contributed by atoms with van der Waals surface area (Å²) in [6.07, 6.45) is 9.88. The number of rotatable bonds is 7. The molecule has 8 heteroatoms. The van der Waals surface area contributed by atoms with Gasteiger partial charge < -0.3 is 29.2 Å². The molecule has 0 aromatic rings. The molecule has 0 aromatic carbocycles. The van der Waals surface area contributed by atoms with Crippen LogP contribution in [0.1, 0.15) is 78.6 Å². The van der Waals surface area contributed by atoms with Gasteiger partial charge in [0.1, 0.15) is 6.61 Å². The number of carbonyl (C=O) groups excluding carboxylic acids is 2. The summed E-state index contributed by atoms with van der Waals surface area (Å²) in [5.74, 6) is 0.171. The fraction of sp³-hybridized carbons (Fsp3) is 0.806. The Morgan fingerprint density at radius 2 is 2.03 bits per heavy atom. The topological polar surface area (TPSA) is 112 Å². The molecule has 6 aliphatic rings. The minimum absolute atomic E-state index is 0.0204. The van der Waals surface area contributed by atoms with E-state index in [4.69, 9.17) is 18.9 Å². The highest BCUT2D eigenvalue weighted by Crippen LogP contribution is 2.69. The number of ketones is 2. The van der Waals surface area contributed by atoms with Crippen molar-refractivity contribution in [2.45, 2.75) is 115 Å². The SMILES string of the molecule is CCCC1OC2C[C@H]3C4CCC5=CC(=O)C=C[C@]5(C)[C@H]4[C@@H](O)C[C@]3(C)[C@]2(C(=O)COC2CCCC(CO)O2)O1. The van der Waals surface area contributed by atoms with Crippen molar-refractivity contribution in [2.75, 3.05) is 13.2 Å². The Balaban J connectivity index is 1.30.